The van der Waals surface area contributed by atoms with Crippen LogP contribution in [-0.2, 0) is 0 Å². The van der Waals surface area contributed by atoms with Gasteiger partial charge in [0.1, 0.15) is 0 Å². The van der Waals surface area contributed by atoms with Gasteiger partial charge in [-0.15, -0.1) is 11.3 Å². The van der Waals surface area contributed by atoms with Crippen molar-refractivity contribution in [3.8, 4) is 0 Å². The molecular formula is C14H23NOS. The molecule has 96 valence electrons. The lowest BCUT2D eigenvalue weighted by atomic mass is 10.0. The molecule has 0 amide bonds. The lowest BCUT2D eigenvalue weighted by molar-refractivity contribution is 0.130. The fourth-order valence-electron chi connectivity index (χ4n) is 2.77. The summed E-state index contributed by atoms with van der Waals surface area (Å²) in [5, 5.41) is 13.4. The Morgan fingerprint density at radius 3 is 2.76 bits per heavy atom. The van der Waals surface area contributed by atoms with E-state index in [1.807, 2.05) is 11.3 Å². The third-order valence-electron chi connectivity index (χ3n) is 3.85. The van der Waals surface area contributed by atoms with Gasteiger partial charge in [0.05, 0.1) is 6.10 Å². The molecule has 1 aromatic heterocycles. The lowest BCUT2D eigenvalue weighted by Gasteiger charge is -2.19. The Balaban J connectivity index is 1.88. The van der Waals surface area contributed by atoms with Gasteiger partial charge in [0, 0.05) is 22.3 Å². The second-order valence-corrected chi connectivity index (χ2v) is 6.72. The van der Waals surface area contributed by atoms with Crippen LogP contribution in [0.15, 0.2) is 6.07 Å². The number of aryl methyl sites for hydroxylation is 2. The predicted octanol–water partition coefficient (Wildman–Crippen LogP) is 3.18. The molecule has 1 saturated carbocycles. The molecule has 2 N–H and O–H groups in total. The van der Waals surface area contributed by atoms with Gasteiger partial charge in [0.2, 0.25) is 0 Å². The van der Waals surface area contributed by atoms with E-state index in [4.69, 9.17) is 0 Å². The molecule has 3 atom stereocenters. The van der Waals surface area contributed by atoms with E-state index in [0.29, 0.717) is 12.0 Å². The van der Waals surface area contributed by atoms with Crippen LogP contribution >= 0.6 is 11.3 Å². The van der Waals surface area contributed by atoms with E-state index in [0.717, 1.165) is 13.0 Å². The van der Waals surface area contributed by atoms with E-state index in [1.54, 1.807) is 0 Å². The van der Waals surface area contributed by atoms with Crippen molar-refractivity contribution >= 4 is 11.3 Å². The molecule has 1 aliphatic carbocycles. The Labute approximate surface area is 108 Å². The minimum absolute atomic E-state index is 0.0833. The summed E-state index contributed by atoms with van der Waals surface area (Å²) < 4.78 is 0. The zero-order chi connectivity index (χ0) is 12.4. The molecule has 1 aromatic rings. The number of rotatable bonds is 4. The smallest absolute Gasteiger partial charge is 0.0580 e. The van der Waals surface area contributed by atoms with Crippen molar-refractivity contribution < 1.29 is 5.11 Å². The SMILES string of the molecule is Cc1cc(C(C)NCC2CCCC2O)c(C)s1. The molecule has 1 heterocycles. The van der Waals surface area contributed by atoms with Crippen LogP contribution in [-0.4, -0.2) is 17.8 Å². The van der Waals surface area contributed by atoms with Crippen LogP contribution in [0.25, 0.3) is 0 Å². The van der Waals surface area contributed by atoms with Crippen molar-refractivity contribution in [1.29, 1.82) is 0 Å². The number of thiophene rings is 1. The van der Waals surface area contributed by atoms with Gasteiger partial charge in [0.15, 0.2) is 0 Å². The Morgan fingerprint density at radius 1 is 1.47 bits per heavy atom. The fraction of sp³-hybridized carbons (Fsp3) is 0.714. The van der Waals surface area contributed by atoms with Gasteiger partial charge in [-0.3, -0.25) is 0 Å². The normalized spacial score (nSPS) is 26.4. The minimum atomic E-state index is -0.0833. The van der Waals surface area contributed by atoms with Crippen LogP contribution in [0.2, 0.25) is 0 Å². The largest absolute Gasteiger partial charge is 0.393 e. The quantitative estimate of drug-likeness (QED) is 0.864. The number of hydrogen-bond donors (Lipinski definition) is 2. The number of aliphatic hydroxyl groups excluding tert-OH is 1. The first-order valence-corrected chi connectivity index (χ1v) is 7.38. The number of hydrogen-bond acceptors (Lipinski definition) is 3. The van der Waals surface area contributed by atoms with Crippen LogP contribution in [0.5, 0.6) is 0 Å². The first kappa shape index (κ1) is 13.1. The second kappa shape index (κ2) is 5.51. The number of nitrogens with one attached hydrogen (secondary N) is 1. The van der Waals surface area contributed by atoms with E-state index in [2.05, 4.69) is 32.2 Å². The predicted molar refractivity (Wildman–Crippen MR) is 73.6 cm³/mol. The van der Waals surface area contributed by atoms with Crippen LogP contribution in [0.3, 0.4) is 0 Å². The highest BCUT2D eigenvalue weighted by molar-refractivity contribution is 7.12. The van der Waals surface area contributed by atoms with Gasteiger partial charge in [0.25, 0.3) is 0 Å². The summed E-state index contributed by atoms with van der Waals surface area (Å²) in [6.07, 6.45) is 3.25. The molecule has 0 aromatic carbocycles. The summed E-state index contributed by atoms with van der Waals surface area (Å²) in [6.45, 7) is 7.51. The van der Waals surface area contributed by atoms with Crippen molar-refractivity contribution in [3.05, 3.63) is 21.4 Å². The minimum Gasteiger partial charge on any atom is -0.393 e. The molecule has 1 aliphatic rings. The standard InChI is InChI=1S/C14H23NOS/c1-9-7-13(11(3)17-9)10(2)15-8-12-5-4-6-14(12)16/h7,10,12,14-16H,4-6,8H2,1-3H3. The van der Waals surface area contributed by atoms with Crippen LogP contribution in [0, 0.1) is 19.8 Å². The Kier molecular flexibility index (Phi) is 4.23. The highest BCUT2D eigenvalue weighted by Crippen LogP contribution is 2.28. The molecule has 0 saturated heterocycles. The Bertz CT molecular complexity index is 374. The molecular weight excluding hydrogens is 230 g/mol. The summed E-state index contributed by atoms with van der Waals surface area (Å²) in [7, 11) is 0. The van der Waals surface area contributed by atoms with E-state index < -0.39 is 0 Å². The molecule has 3 unspecified atom stereocenters. The lowest BCUT2D eigenvalue weighted by Crippen LogP contribution is -2.29. The van der Waals surface area contributed by atoms with Crippen molar-refractivity contribution in [2.24, 2.45) is 5.92 Å². The fourth-order valence-corrected chi connectivity index (χ4v) is 3.80. The van der Waals surface area contributed by atoms with Gasteiger partial charge < -0.3 is 10.4 Å². The molecule has 3 heteroatoms. The van der Waals surface area contributed by atoms with Crippen molar-refractivity contribution in [3.63, 3.8) is 0 Å². The van der Waals surface area contributed by atoms with Gasteiger partial charge >= 0.3 is 0 Å². The maximum atomic E-state index is 9.79. The molecule has 0 radical (unpaired) electrons. The van der Waals surface area contributed by atoms with Gasteiger partial charge in [-0.2, -0.15) is 0 Å². The van der Waals surface area contributed by atoms with E-state index in [1.165, 1.54) is 28.2 Å². The highest BCUT2D eigenvalue weighted by Gasteiger charge is 2.25. The zero-order valence-electron chi connectivity index (χ0n) is 11.0. The molecule has 0 bridgehead atoms. The monoisotopic (exact) mass is 253 g/mol. The maximum absolute atomic E-state index is 9.79. The molecule has 0 aliphatic heterocycles. The molecule has 2 rings (SSSR count). The van der Waals surface area contributed by atoms with E-state index in [-0.39, 0.29) is 6.10 Å². The summed E-state index contributed by atoms with van der Waals surface area (Å²) in [5.74, 6) is 0.456. The third-order valence-corrected chi connectivity index (χ3v) is 4.83. The van der Waals surface area contributed by atoms with Crippen molar-refractivity contribution in [2.75, 3.05) is 6.54 Å². The molecule has 0 spiro atoms. The highest BCUT2D eigenvalue weighted by atomic mass is 32.1. The summed E-state index contributed by atoms with van der Waals surface area (Å²) >= 11 is 1.87. The maximum Gasteiger partial charge on any atom is 0.0580 e. The summed E-state index contributed by atoms with van der Waals surface area (Å²) in [6, 6.07) is 2.68. The van der Waals surface area contributed by atoms with Gasteiger partial charge in [-0.05, 0) is 51.2 Å². The average Bonchev–Trinajstić information content (AvgIpc) is 2.81. The first-order valence-electron chi connectivity index (χ1n) is 6.56. The van der Waals surface area contributed by atoms with Gasteiger partial charge in [-0.1, -0.05) is 6.42 Å². The Hall–Kier alpha value is -0.380. The van der Waals surface area contributed by atoms with Crippen LogP contribution in [0.4, 0.5) is 0 Å². The number of aliphatic hydroxyl groups is 1. The third kappa shape index (κ3) is 3.09. The summed E-state index contributed by atoms with van der Waals surface area (Å²) in [5.41, 5.74) is 1.42. The van der Waals surface area contributed by atoms with Crippen LogP contribution in [0.1, 0.15) is 47.5 Å². The summed E-state index contributed by atoms with van der Waals surface area (Å²) in [4.78, 5) is 2.79. The average molecular weight is 253 g/mol. The van der Waals surface area contributed by atoms with Crippen molar-refractivity contribution in [2.45, 2.75) is 52.2 Å². The van der Waals surface area contributed by atoms with E-state index >= 15 is 0 Å². The Morgan fingerprint density at radius 2 is 2.24 bits per heavy atom. The van der Waals surface area contributed by atoms with E-state index in [9.17, 15) is 5.11 Å². The zero-order valence-corrected chi connectivity index (χ0v) is 11.8. The second-order valence-electron chi connectivity index (χ2n) is 5.26. The van der Waals surface area contributed by atoms with Crippen LogP contribution < -0.4 is 5.32 Å². The first-order chi connectivity index (χ1) is 8.08. The van der Waals surface area contributed by atoms with Crippen molar-refractivity contribution in [1.82, 2.24) is 5.32 Å². The molecule has 17 heavy (non-hydrogen) atoms. The van der Waals surface area contributed by atoms with Gasteiger partial charge in [-0.25, -0.2) is 0 Å². The molecule has 1 fully saturated rings. The molecule has 2 nitrogen and oxygen atoms in total. The topological polar surface area (TPSA) is 32.3 Å².